The minimum Gasteiger partial charge on any atom is -0.493 e. The first kappa shape index (κ1) is 19.7. The van der Waals surface area contributed by atoms with Crippen LogP contribution in [0.25, 0.3) is 6.08 Å². The van der Waals surface area contributed by atoms with Crippen molar-refractivity contribution in [3.63, 3.8) is 0 Å². The minimum absolute atomic E-state index is 0.00970. The number of rotatable bonds is 7. The molecule has 3 rings (SSSR count). The number of likely N-dealkylation sites (tertiary alicyclic amines) is 1. The summed E-state index contributed by atoms with van der Waals surface area (Å²) in [6, 6.07) is 10.9. The van der Waals surface area contributed by atoms with E-state index >= 15 is 0 Å². The smallest absolute Gasteiger partial charge is 0.255 e. The fourth-order valence-corrected chi connectivity index (χ4v) is 3.27. The topological polar surface area (TPSA) is 71.8 Å². The Balaban J connectivity index is 1.44. The van der Waals surface area contributed by atoms with Gasteiger partial charge in [-0.25, -0.2) is 0 Å². The van der Waals surface area contributed by atoms with Crippen molar-refractivity contribution in [1.82, 2.24) is 10.2 Å². The van der Waals surface area contributed by atoms with E-state index in [2.05, 4.69) is 5.32 Å². The largest absolute Gasteiger partial charge is 0.493 e. The number of carbonyl (C=O) groups excluding carboxylic acids is 2. The first-order valence-electron chi connectivity index (χ1n) is 9.68. The van der Waals surface area contributed by atoms with Crippen LogP contribution in [0.1, 0.15) is 35.9 Å². The third-order valence-corrected chi connectivity index (χ3v) is 4.84. The number of furan rings is 1. The van der Waals surface area contributed by atoms with Crippen molar-refractivity contribution in [1.29, 1.82) is 0 Å². The van der Waals surface area contributed by atoms with Gasteiger partial charge in [-0.3, -0.25) is 9.59 Å². The Morgan fingerprint density at radius 1 is 1.21 bits per heavy atom. The molecule has 0 saturated carbocycles. The fourth-order valence-electron chi connectivity index (χ4n) is 3.27. The van der Waals surface area contributed by atoms with Crippen LogP contribution < -0.4 is 10.1 Å². The summed E-state index contributed by atoms with van der Waals surface area (Å²) in [5.74, 6) is 1.50. The van der Waals surface area contributed by atoms with Crippen molar-refractivity contribution in [2.45, 2.75) is 19.8 Å². The van der Waals surface area contributed by atoms with Gasteiger partial charge in [0.05, 0.1) is 18.4 Å². The summed E-state index contributed by atoms with van der Waals surface area (Å²) in [6.45, 7) is 4.40. The lowest BCUT2D eigenvalue weighted by Gasteiger charge is -2.31. The summed E-state index contributed by atoms with van der Waals surface area (Å²) >= 11 is 0. The van der Waals surface area contributed by atoms with Gasteiger partial charge < -0.3 is 19.4 Å². The molecule has 1 aromatic carbocycles. The van der Waals surface area contributed by atoms with Crippen molar-refractivity contribution in [3.05, 3.63) is 60.1 Å². The molecule has 1 aromatic heterocycles. The van der Waals surface area contributed by atoms with E-state index in [0.717, 1.165) is 12.8 Å². The van der Waals surface area contributed by atoms with Gasteiger partial charge in [-0.2, -0.15) is 0 Å². The van der Waals surface area contributed by atoms with Crippen LogP contribution in [-0.2, 0) is 4.79 Å². The van der Waals surface area contributed by atoms with E-state index in [1.807, 2.05) is 30.0 Å². The van der Waals surface area contributed by atoms with Crippen LogP contribution in [0.2, 0.25) is 0 Å². The van der Waals surface area contributed by atoms with Crippen molar-refractivity contribution in [3.8, 4) is 5.75 Å². The Kier molecular flexibility index (Phi) is 6.89. The van der Waals surface area contributed by atoms with Gasteiger partial charge in [-0.1, -0.05) is 12.1 Å². The first-order valence-corrected chi connectivity index (χ1v) is 9.68. The molecule has 2 aromatic rings. The molecule has 0 unspecified atom stereocenters. The molecule has 1 saturated heterocycles. The second kappa shape index (κ2) is 9.78. The molecule has 0 spiro atoms. The zero-order chi connectivity index (χ0) is 19.8. The molecule has 2 amide bonds. The van der Waals surface area contributed by atoms with E-state index in [9.17, 15) is 9.59 Å². The van der Waals surface area contributed by atoms with Gasteiger partial charge in [-0.05, 0) is 56.0 Å². The molecule has 2 heterocycles. The summed E-state index contributed by atoms with van der Waals surface area (Å²) in [4.78, 5) is 26.6. The molecule has 1 fully saturated rings. The maximum atomic E-state index is 12.5. The van der Waals surface area contributed by atoms with Gasteiger partial charge >= 0.3 is 0 Å². The summed E-state index contributed by atoms with van der Waals surface area (Å²) in [5, 5.41) is 3.01. The van der Waals surface area contributed by atoms with Crippen molar-refractivity contribution in [2.75, 3.05) is 26.2 Å². The Labute approximate surface area is 165 Å². The predicted molar refractivity (Wildman–Crippen MR) is 107 cm³/mol. The van der Waals surface area contributed by atoms with Gasteiger partial charge in [0.15, 0.2) is 0 Å². The molecular weight excluding hydrogens is 356 g/mol. The van der Waals surface area contributed by atoms with Crippen LogP contribution in [0, 0.1) is 5.92 Å². The number of ether oxygens (including phenoxy) is 1. The molecule has 6 heteroatoms. The first-order chi connectivity index (χ1) is 13.7. The third kappa shape index (κ3) is 5.25. The third-order valence-electron chi connectivity index (χ3n) is 4.84. The highest BCUT2D eigenvalue weighted by atomic mass is 16.5. The lowest BCUT2D eigenvalue weighted by Crippen LogP contribution is -2.41. The molecule has 0 atom stereocenters. The number of piperidine rings is 1. The summed E-state index contributed by atoms with van der Waals surface area (Å²) in [5.41, 5.74) is 0.556. The van der Waals surface area contributed by atoms with Crippen molar-refractivity contribution >= 4 is 17.9 Å². The maximum Gasteiger partial charge on any atom is 0.255 e. The summed E-state index contributed by atoms with van der Waals surface area (Å²) in [7, 11) is 0. The number of nitrogens with zero attached hydrogens (tertiary/aromatic N) is 1. The van der Waals surface area contributed by atoms with Crippen LogP contribution in [0.4, 0.5) is 0 Å². The Bertz CT molecular complexity index is 806. The van der Waals surface area contributed by atoms with Gasteiger partial charge in [0.2, 0.25) is 5.91 Å². The Morgan fingerprint density at radius 2 is 2.00 bits per heavy atom. The second-order valence-electron chi connectivity index (χ2n) is 6.76. The number of benzene rings is 1. The number of hydrogen-bond donors (Lipinski definition) is 1. The molecule has 148 valence electrons. The molecule has 0 radical (unpaired) electrons. The molecular formula is C22H26N2O4. The number of hydrogen-bond acceptors (Lipinski definition) is 4. The lowest BCUT2D eigenvalue weighted by atomic mass is 9.96. The van der Waals surface area contributed by atoms with Crippen LogP contribution in [-0.4, -0.2) is 43.0 Å². The van der Waals surface area contributed by atoms with Gasteiger partial charge in [0.25, 0.3) is 5.91 Å². The van der Waals surface area contributed by atoms with E-state index in [1.165, 1.54) is 0 Å². The van der Waals surface area contributed by atoms with E-state index < -0.39 is 0 Å². The van der Waals surface area contributed by atoms with Crippen LogP contribution in [0.15, 0.2) is 53.2 Å². The van der Waals surface area contributed by atoms with Gasteiger partial charge in [0.1, 0.15) is 11.5 Å². The Morgan fingerprint density at radius 3 is 2.71 bits per heavy atom. The fraction of sp³-hybridized carbons (Fsp3) is 0.364. The predicted octanol–water partition coefficient (Wildman–Crippen LogP) is 3.36. The van der Waals surface area contributed by atoms with Crippen LogP contribution >= 0.6 is 0 Å². The van der Waals surface area contributed by atoms with E-state index in [-0.39, 0.29) is 11.8 Å². The standard InChI is InChI=1S/C22H26N2O4/c1-2-27-20-8-4-3-7-19(20)22(26)23-16-17-11-13-24(14-12-17)21(25)10-9-18-6-5-15-28-18/h3-10,15,17H,2,11-14,16H2,1H3,(H,23,26)/b10-9+. The quantitative estimate of drug-likeness (QED) is 0.746. The van der Waals surface area contributed by atoms with Crippen molar-refractivity contribution in [2.24, 2.45) is 5.92 Å². The van der Waals surface area contributed by atoms with Crippen LogP contribution in [0.3, 0.4) is 0 Å². The van der Waals surface area contributed by atoms with E-state index in [0.29, 0.717) is 49.2 Å². The average Bonchev–Trinajstić information content (AvgIpc) is 3.25. The molecule has 28 heavy (non-hydrogen) atoms. The molecule has 1 N–H and O–H groups in total. The SMILES string of the molecule is CCOc1ccccc1C(=O)NCC1CCN(C(=O)/C=C/c2ccco2)CC1. The minimum atomic E-state index is -0.121. The van der Waals surface area contributed by atoms with Gasteiger partial charge in [-0.15, -0.1) is 0 Å². The second-order valence-corrected chi connectivity index (χ2v) is 6.76. The Hall–Kier alpha value is -3.02. The number of amides is 2. The maximum absolute atomic E-state index is 12.5. The average molecular weight is 382 g/mol. The summed E-state index contributed by atoms with van der Waals surface area (Å²) in [6.07, 6.45) is 6.55. The zero-order valence-corrected chi connectivity index (χ0v) is 16.1. The highest BCUT2D eigenvalue weighted by molar-refractivity contribution is 5.96. The number of para-hydroxylation sites is 1. The molecule has 0 aliphatic carbocycles. The monoisotopic (exact) mass is 382 g/mol. The highest BCUT2D eigenvalue weighted by Gasteiger charge is 2.22. The summed E-state index contributed by atoms with van der Waals surface area (Å²) < 4.78 is 10.7. The lowest BCUT2D eigenvalue weighted by molar-refractivity contribution is -0.127. The molecule has 1 aliphatic rings. The van der Waals surface area contributed by atoms with Crippen molar-refractivity contribution < 1.29 is 18.7 Å². The number of carbonyl (C=O) groups is 2. The van der Waals surface area contributed by atoms with Crippen LogP contribution in [0.5, 0.6) is 5.75 Å². The highest BCUT2D eigenvalue weighted by Crippen LogP contribution is 2.20. The van der Waals surface area contributed by atoms with E-state index in [1.54, 1.807) is 36.6 Å². The number of nitrogens with one attached hydrogen (secondary N) is 1. The van der Waals surface area contributed by atoms with Gasteiger partial charge in [0, 0.05) is 25.7 Å². The molecule has 1 aliphatic heterocycles. The molecule has 0 bridgehead atoms. The zero-order valence-electron chi connectivity index (χ0n) is 16.1. The molecule has 6 nitrogen and oxygen atoms in total. The van der Waals surface area contributed by atoms with E-state index in [4.69, 9.17) is 9.15 Å². The normalized spacial score (nSPS) is 15.0.